The summed E-state index contributed by atoms with van der Waals surface area (Å²) >= 11 is 5.05. The lowest BCUT2D eigenvalue weighted by Crippen LogP contribution is -2.57. The minimum Gasteiger partial charge on any atom is -0.391 e. The van der Waals surface area contributed by atoms with Crippen molar-refractivity contribution >= 4 is 23.1 Å². The van der Waals surface area contributed by atoms with Gasteiger partial charge >= 0.3 is 0 Å². The average Bonchev–Trinajstić information content (AvgIpc) is 2.29. The van der Waals surface area contributed by atoms with Gasteiger partial charge in [0, 0.05) is 5.41 Å². The Morgan fingerprint density at radius 1 is 1.41 bits per heavy atom. The Morgan fingerprint density at radius 3 is 2.35 bits per heavy atom. The smallest absolute Gasteiger partial charge is 0.226 e. The van der Waals surface area contributed by atoms with E-state index in [0.717, 1.165) is 32.1 Å². The van der Waals surface area contributed by atoms with Crippen LogP contribution in [0.15, 0.2) is 0 Å². The maximum atomic E-state index is 12.4. The SMILES string of the molecule is CCC(C)(NC(=O)C1(C)CCCCC1)C(N)=S. The molecule has 1 aliphatic rings. The molecule has 1 fully saturated rings. The van der Waals surface area contributed by atoms with Crippen LogP contribution in [0.4, 0.5) is 0 Å². The van der Waals surface area contributed by atoms with E-state index in [9.17, 15) is 4.79 Å². The summed E-state index contributed by atoms with van der Waals surface area (Å²) in [4.78, 5) is 12.7. The molecule has 0 aromatic heterocycles. The number of thiocarbonyl (C=S) groups is 1. The number of amides is 1. The first-order chi connectivity index (χ1) is 7.84. The van der Waals surface area contributed by atoms with Crippen LogP contribution in [0.25, 0.3) is 0 Å². The Labute approximate surface area is 110 Å². The minimum absolute atomic E-state index is 0.106. The molecule has 1 aliphatic carbocycles. The van der Waals surface area contributed by atoms with E-state index in [0.29, 0.717) is 4.99 Å². The molecule has 3 nitrogen and oxygen atoms in total. The second-order valence-corrected chi connectivity index (χ2v) is 6.07. The molecule has 0 aromatic carbocycles. The highest BCUT2D eigenvalue weighted by molar-refractivity contribution is 7.80. The standard InChI is InChI=1S/C13H24N2OS/c1-4-13(3,10(14)17)15-11(16)12(2)8-6-5-7-9-12/h4-9H2,1-3H3,(H2,14,17)(H,15,16). The van der Waals surface area contributed by atoms with Crippen LogP contribution in [0.2, 0.25) is 0 Å². The molecular formula is C13H24N2OS. The van der Waals surface area contributed by atoms with Gasteiger partial charge in [0.15, 0.2) is 0 Å². The summed E-state index contributed by atoms with van der Waals surface area (Å²) in [6, 6.07) is 0. The third kappa shape index (κ3) is 3.18. The first kappa shape index (κ1) is 14.4. The van der Waals surface area contributed by atoms with Crippen molar-refractivity contribution < 1.29 is 4.79 Å². The molecule has 1 atom stereocenters. The highest BCUT2D eigenvalue weighted by atomic mass is 32.1. The van der Waals surface area contributed by atoms with Crippen LogP contribution in [0.1, 0.15) is 59.3 Å². The predicted octanol–water partition coefficient (Wildman–Crippen LogP) is 2.53. The van der Waals surface area contributed by atoms with Crippen molar-refractivity contribution in [3.05, 3.63) is 0 Å². The highest BCUT2D eigenvalue weighted by Gasteiger charge is 2.38. The number of nitrogens with one attached hydrogen (secondary N) is 1. The number of hydrogen-bond donors (Lipinski definition) is 2. The fraction of sp³-hybridized carbons (Fsp3) is 0.846. The lowest BCUT2D eigenvalue weighted by Gasteiger charge is -2.37. The van der Waals surface area contributed by atoms with Crippen LogP contribution in [-0.4, -0.2) is 16.4 Å². The van der Waals surface area contributed by atoms with Crippen LogP contribution in [0.3, 0.4) is 0 Å². The topological polar surface area (TPSA) is 55.1 Å². The molecule has 0 aliphatic heterocycles. The number of carbonyl (C=O) groups excluding carboxylic acids is 1. The number of rotatable bonds is 4. The lowest BCUT2D eigenvalue weighted by molar-refractivity contribution is -0.133. The lowest BCUT2D eigenvalue weighted by atomic mass is 9.74. The van der Waals surface area contributed by atoms with E-state index in [1.807, 2.05) is 13.8 Å². The molecule has 0 aromatic rings. The van der Waals surface area contributed by atoms with Crippen LogP contribution in [-0.2, 0) is 4.79 Å². The van der Waals surface area contributed by atoms with Crippen LogP contribution in [0.5, 0.6) is 0 Å². The Balaban J connectivity index is 2.73. The zero-order valence-electron chi connectivity index (χ0n) is 11.1. The molecule has 1 unspecified atom stereocenters. The molecule has 4 heteroatoms. The van der Waals surface area contributed by atoms with Crippen molar-refractivity contribution in [2.24, 2.45) is 11.1 Å². The molecule has 0 saturated heterocycles. The maximum absolute atomic E-state index is 12.4. The van der Waals surface area contributed by atoms with Gasteiger partial charge in [-0.25, -0.2) is 0 Å². The van der Waals surface area contributed by atoms with Crippen molar-refractivity contribution in [1.82, 2.24) is 5.32 Å². The number of nitrogens with two attached hydrogens (primary N) is 1. The Kier molecular flexibility index (Phi) is 4.53. The summed E-state index contributed by atoms with van der Waals surface area (Å²) in [5, 5.41) is 3.05. The summed E-state index contributed by atoms with van der Waals surface area (Å²) in [5.74, 6) is 0.106. The van der Waals surface area contributed by atoms with Crippen molar-refractivity contribution in [1.29, 1.82) is 0 Å². The van der Waals surface area contributed by atoms with E-state index in [4.69, 9.17) is 18.0 Å². The molecule has 98 valence electrons. The molecule has 1 amide bonds. The first-order valence-electron chi connectivity index (χ1n) is 6.46. The number of carbonyl (C=O) groups is 1. The van der Waals surface area contributed by atoms with E-state index in [1.165, 1.54) is 6.42 Å². The van der Waals surface area contributed by atoms with Crippen LogP contribution in [0, 0.1) is 5.41 Å². The molecule has 17 heavy (non-hydrogen) atoms. The van der Waals surface area contributed by atoms with Gasteiger partial charge in [-0.15, -0.1) is 0 Å². The monoisotopic (exact) mass is 256 g/mol. The third-order valence-corrected chi connectivity index (χ3v) is 4.60. The Bertz CT molecular complexity index is 311. The highest BCUT2D eigenvalue weighted by Crippen LogP contribution is 2.36. The van der Waals surface area contributed by atoms with Crippen molar-refractivity contribution in [3.8, 4) is 0 Å². The second-order valence-electron chi connectivity index (χ2n) is 5.63. The summed E-state index contributed by atoms with van der Waals surface area (Å²) < 4.78 is 0. The maximum Gasteiger partial charge on any atom is 0.226 e. The quantitative estimate of drug-likeness (QED) is 0.760. The summed E-state index contributed by atoms with van der Waals surface area (Å²) in [7, 11) is 0. The van der Waals surface area contributed by atoms with Gasteiger partial charge in [0.05, 0.1) is 10.5 Å². The van der Waals surface area contributed by atoms with E-state index < -0.39 is 5.54 Å². The Hall–Kier alpha value is -0.640. The average molecular weight is 256 g/mol. The summed E-state index contributed by atoms with van der Waals surface area (Å²) in [5.41, 5.74) is 4.93. The zero-order valence-corrected chi connectivity index (χ0v) is 12.0. The van der Waals surface area contributed by atoms with Gasteiger partial charge in [-0.3, -0.25) is 4.79 Å². The molecule has 1 rings (SSSR count). The molecule has 1 saturated carbocycles. The fourth-order valence-corrected chi connectivity index (χ4v) is 2.48. The molecule has 0 radical (unpaired) electrons. The minimum atomic E-state index is -0.549. The van der Waals surface area contributed by atoms with E-state index in [2.05, 4.69) is 12.2 Å². The molecule has 0 heterocycles. The van der Waals surface area contributed by atoms with Crippen molar-refractivity contribution in [2.45, 2.75) is 64.8 Å². The molecule has 0 bridgehead atoms. The van der Waals surface area contributed by atoms with E-state index in [-0.39, 0.29) is 11.3 Å². The normalized spacial score (nSPS) is 22.5. The van der Waals surface area contributed by atoms with Crippen molar-refractivity contribution in [3.63, 3.8) is 0 Å². The van der Waals surface area contributed by atoms with Gasteiger partial charge in [0.2, 0.25) is 5.91 Å². The van der Waals surface area contributed by atoms with E-state index in [1.54, 1.807) is 0 Å². The van der Waals surface area contributed by atoms with Gasteiger partial charge < -0.3 is 11.1 Å². The van der Waals surface area contributed by atoms with Gasteiger partial charge in [-0.2, -0.15) is 0 Å². The molecule has 0 spiro atoms. The summed E-state index contributed by atoms with van der Waals surface area (Å²) in [6.07, 6.45) is 6.18. The Morgan fingerprint density at radius 2 is 1.94 bits per heavy atom. The van der Waals surface area contributed by atoms with Crippen LogP contribution >= 0.6 is 12.2 Å². The third-order valence-electron chi connectivity index (χ3n) is 4.15. The molecule has 3 N–H and O–H groups in total. The number of hydrogen-bond acceptors (Lipinski definition) is 2. The van der Waals surface area contributed by atoms with Gasteiger partial charge in [0.1, 0.15) is 0 Å². The van der Waals surface area contributed by atoms with Gasteiger partial charge in [-0.1, -0.05) is 45.3 Å². The fourth-order valence-electron chi connectivity index (χ4n) is 2.28. The van der Waals surface area contributed by atoms with E-state index >= 15 is 0 Å². The predicted molar refractivity (Wildman–Crippen MR) is 74.8 cm³/mol. The van der Waals surface area contributed by atoms with Crippen LogP contribution < -0.4 is 11.1 Å². The first-order valence-corrected chi connectivity index (χ1v) is 6.87. The summed E-state index contributed by atoms with van der Waals surface area (Å²) in [6.45, 7) is 5.94. The van der Waals surface area contributed by atoms with Gasteiger partial charge in [0.25, 0.3) is 0 Å². The second kappa shape index (κ2) is 5.34. The zero-order chi connectivity index (χ0) is 13.1. The largest absolute Gasteiger partial charge is 0.391 e. The van der Waals surface area contributed by atoms with Gasteiger partial charge in [-0.05, 0) is 26.2 Å². The molecular weight excluding hydrogens is 232 g/mol. The van der Waals surface area contributed by atoms with Crippen molar-refractivity contribution in [2.75, 3.05) is 0 Å².